The molecule has 1 N–H and O–H groups in total. The van der Waals surface area contributed by atoms with Crippen LogP contribution in [0.25, 0.3) is 6.08 Å². The SMILES string of the molecule is C=Cc1c[nH]c(=O)n(C2CC(COC(C)=O)C(OC(C)=O)C2)c1=O. The van der Waals surface area contributed by atoms with Gasteiger partial charge in [0.1, 0.15) is 6.10 Å². The van der Waals surface area contributed by atoms with E-state index in [9.17, 15) is 19.2 Å². The molecule has 0 amide bonds. The number of aromatic amines is 1. The summed E-state index contributed by atoms with van der Waals surface area (Å²) in [5.74, 6) is -1.18. The molecule has 1 heterocycles. The van der Waals surface area contributed by atoms with Crippen LogP contribution in [-0.4, -0.2) is 34.2 Å². The first-order chi connectivity index (χ1) is 11.3. The molecule has 0 radical (unpaired) electrons. The molecule has 1 fully saturated rings. The van der Waals surface area contributed by atoms with Crippen molar-refractivity contribution in [3.63, 3.8) is 0 Å². The first-order valence-electron chi connectivity index (χ1n) is 7.60. The molecule has 24 heavy (non-hydrogen) atoms. The highest BCUT2D eigenvalue weighted by Crippen LogP contribution is 2.36. The highest BCUT2D eigenvalue weighted by Gasteiger charge is 2.39. The summed E-state index contributed by atoms with van der Waals surface area (Å²) in [6.07, 6.45) is 2.84. The van der Waals surface area contributed by atoms with Crippen LogP contribution in [0.3, 0.4) is 0 Å². The number of carbonyl (C=O) groups is 2. The number of ether oxygens (including phenoxy) is 2. The Hall–Kier alpha value is -2.64. The molecule has 1 aromatic rings. The molecular formula is C16H20N2O6. The lowest BCUT2D eigenvalue weighted by Gasteiger charge is -2.18. The summed E-state index contributed by atoms with van der Waals surface area (Å²) in [6.45, 7) is 6.19. The Labute approximate surface area is 138 Å². The lowest BCUT2D eigenvalue weighted by atomic mass is 10.1. The van der Waals surface area contributed by atoms with Crippen molar-refractivity contribution >= 4 is 18.0 Å². The zero-order valence-corrected chi connectivity index (χ0v) is 13.6. The number of aromatic nitrogens is 2. The average molecular weight is 336 g/mol. The predicted molar refractivity (Wildman–Crippen MR) is 85.4 cm³/mol. The molecule has 1 aromatic heterocycles. The number of nitrogens with zero attached hydrogens (tertiary/aromatic N) is 1. The number of carbonyl (C=O) groups excluding carboxylic acids is 2. The van der Waals surface area contributed by atoms with E-state index in [4.69, 9.17) is 9.47 Å². The number of nitrogens with one attached hydrogen (secondary N) is 1. The summed E-state index contributed by atoms with van der Waals surface area (Å²) in [5, 5.41) is 0. The third kappa shape index (κ3) is 3.81. The Morgan fingerprint density at radius 1 is 1.33 bits per heavy atom. The van der Waals surface area contributed by atoms with Crippen molar-refractivity contribution < 1.29 is 19.1 Å². The molecule has 1 aliphatic rings. The van der Waals surface area contributed by atoms with Gasteiger partial charge in [-0.2, -0.15) is 0 Å². The fraction of sp³-hybridized carbons (Fsp3) is 0.500. The zero-order valence-electron chi connectivity index (χ0n) is 13.6. The molecule has 0 aromatic carbocycles. The van der Waals surface area contributed by atoms with Crippen LogP contribution in [0.4, 0.5) is 0 Å². The van der Waals surface area contributed by atoms with Crippen LogP contribution >= 0.6 is 0 Å². The van der Waals surface area contributed by atoms with E-state index in [0.29, 0.717) is 12.8 Å². The molecule has 0 aliphatic heterocycles. The Balaban J connectivity index is 2.31. The third-order valence-corrected chi connectivity index (χ3v) is 4.04. The number of H-pyrrole nitrogens is 1. The highest BCUT2D eigenvalue weighted by molar-refractivity contribution is 5.66. The average Bonchev–Trinajstić information content (AvgIpc) is 2.87. The van der Waals surface area contributed by atoms with Crippen molar-refractivity contribution in [1.82, 2.24) is 9.55 Å². The molecule has 3 atom stereocenters. The number of hydrogen-bond donors (Lipinski definition) is 1. The predicted octanol–water partition coefficient (Wildman–Crippen LogP) is 0.625. The van der Waals surface area contributed by atoms with Gasteiger partial charge in [-0.3, -0.25) is 19.0 Å². The van der Waals surface area contributed by atoms with Crippen molar-refractivity contribution in [3.05, 3.63) is 39.2 Å². The smallest absolute Gasteiger partial charge is 0.328 e. The Kier molecular flexibility index (Phi) is 5.38. The second kappa shape index (κ2) is 7.29. The lowest BCUT2D eigenvalue weighted by molar-refractivity contribution is -0.151. The van der Waals surface area contributed by atoms with Gasteiger partial charge in [-0.15, -0.1) is 0 Å². The van der Waals surface area contributed by atoms with Crippen LogP contribution < -0.4 is 11.2 Å². The zero-order chi connectivity index (χ0) is 17.9. The van der Waals surface area contributed by atoms with E-state index in [0.717, 1.165) is 4.57 Å². The maximum absolute atomic E-state index is 12.4. The van der Waals surface area contributed by atoms with Gasteiger partial charge >= 0.3 is 17.6 Å². The summed E-state index contributed by atoms with van der Waals surface area (Å²) in [4.78, 5) is 49.3. The van der Waals surface area contributed by atoms with Crippen LogP contribution in [0.15, 0.2) is 22.4 Å². The van der Waals surface area contributed by atoms with E-state index in [-0.39, 0.29) is 18.1 Å². The van der Waals surface area contributed by atoms with Gasteiger partial charge < -0.3 is 14.5 Å². The first-order valence-corrected chi connectivity index (χ1v) is 7.60. The quantitative estimate of drug-likeness (QED) is 0.790. The van der Waals surface area contributed by atoms with Crippen LogP contribution in [0.5, 0.6) is 0 Å². The largest absolute Gasteiger partial charge is 0.465 e. The number of hydrogen-bond acceptors (Lipinski definition) is 6. The van der Waals surface area contributed by atoms with Gasteiger partial charge in [0, 0.05) is 38.4 Å². The van der Waals surface area contributed by atoms with E-state index < -0.39 is 35.3 Å². The van der Waals surface area contributed by atoms with Gasteiger partial charge in [-0.25, -0.2) is 4.79 Å². The van der Waals surface area contributed by atoms with Gasteiger partial charge in [0.05, 0.1) is 12.2 Å². The van der Waals surface area contributed by atoms with E-state index in [1.807, 2.05) is 0 Å². The van der Waals surface area contributed by atoms with E-state index in [1.165, 1.54) is 26.1 Å². The molecule has 1 saturated carbocycles. The molecule has 130 valence electrons. The van der Waals surface area contributed by atoms with Crippen molar-refractivity contribution in [1.29, 1.82) is 0 Å². The second-order valence-electron chi connectivity index (χ2n) is 5.76. The van der Waals surface area contributed by atoms with E-state index in [2.05, 4.69) is 11.6 Å². The van der Waals surface area contributed by atoms with Crippen molar-refractivity contribution in [2.75, 3.05) is 6.61 Å². The molecule has 3 unspecified atom stereocenters. The Morgan fingerprint density at radius 2 is 2.04 bits per heavy atom. The lowest BCUT2D eigenvalue weighted by Crippen LogP contribution is -2.38. The summed E-state index contributed by atoms with van der Waals surface area (Å²) < 4.78 is 11.4. The van der Waals surface area contributed by atoms with Crippen LogP contribution in [0.1, 0.15) is 38.3 Å². The van der Waals surface area contributed by atoms with Gasteiger partial charge in [0.15, 0.2) is 0 Å². The van der Waals surface area contributed by atoms with Gasteiger partial charge in [-0.1, -0.05) is 12.7 Å². The van der Waals surface area contributed by atoms with Gasteiger partial charge in [0.2, 0.25) is 0 Å². The van der Waals surface area contributed by atoms with Crippen molar-refractivity contribution in [3.8, 4) is 0 Å². The molecule has 1 aliphatic carbocycles. The molecule has 0 bridgehead atoms. The minimum Gasteiger partial charge on any atom is -0.465 e. The monoisotopic (exact) mass is 336 g/mol. The minimum atomic E-state index is -0.537. The molecule has 0 spiro atoms. The number of esters is 2. The fourth-order valence-electron chi connectivity index (χ4n) is 3.01. The first kappa shape index (κ1) is 17.7. The highest BCUT2D eigenvalue weighted by atomic mass is 16.6. The van der Waals surface area contributed by atoms with Crippen molar-refractivity contribution in [2.24, 2.45) is 5.92 Å². The Bertz CT molecular complexity index is 763. The number of rotatable bonds is 5. The standard InChI is InChI=1S/C16H20N2O6/c1-4-11-7-17-16(22)18(15(11)21)13-5-12(8-23-9(2)19)14(6-13)24-10(3)20/h4,7,12-14H,1,5-6,8H2,2-3H3,(H,17,22). The van der Waals surface area contributed by atoms with E-state index in [1.54, 1.807) is 0 Å². The van der Waals surface area contributed by atoms with Gasteiger partial charge in [0.25, 0.3) is 5.56 Å². The summed E-state index contributed by atoms with van der Waals surface area (Å²) in [5.41, 5.74) is -0.708. The molecule has 2 rings (SSSR count). The third-order valence-electron chi connectivity index (χ3n) is 4.04. The van der Waals surface area contributed by atoms with E-state index >= 15 is 0 Å². The molecular weight excluding hydrogens is 316 g/mol. The molecule has 0 saturated heterocycles. The molecule has 8 nitrogen and oxygen atoms in total. The summed E-state index contributed by atoms with van der Waals surface area (Å²) in [6, 6.07) is -0.453. The van der Waals surface area contributed by atoms with Crippen LogP contribution in [-0.2, 0) is 19.1 Å². The maximum Gasteiger partial charge on any atom is 0.328 e. The van der Waals surface area contributed by atoms with Crippen molar-refractivity contribution in [2.45, 2.75) is 38.8 Å². The van der Waals surface area contributed by atoms with Gasteiger partial charge in [-0.05, 0) is 6.42 Å². The topological polar surface area (TPSA) is 107 Å². The Morgan fingerprint density at radius 3 is 2.62 bits per heavy atom. The normalized spacial score (nSPS) is 22.8. The fourth-order valence-corrected chi connectivity index (χ4v) is 3.01. The van der Waals surface area contributed by atoms with Crippen LogP contribution in [0, 0.1) is 5.92 Å². The summed E-state index contributed by atoms with van der Waals surface area (Å²) in [7, 11) is 0. The summed E-state index contributed by atoms with van der Waals surface area (Å²) >= 11 is 0. The maximum atomic E-state index is 12.4. The second-order valence-corrected chi connectivity index (χ2v) is 5.76. The molecule has 8 heteroatoms. The minimum absolute atomic E-state index is 0.0670. The van der Waals surface area contributed by atoms with Crippen LogP contribution in [0.2, 0.25) is 0 Å².